The number of alkyl halides is 1. The average Bonchev–Trinajstić information content (AvgIpc) is 2.50. The van der Waals surface area contributed by atoms with Crippen LogP contribution in [0.25, 0.3) is 0 Å². The van der Waals surface area contributed by atoms with Crippen LogP contribution in [-0.2, 0) is 4.79 Å². The van der Waals surface area contributed by atoms with Gasteiger partial charge in [0.15, 0.2) is 6.61 Å². The Bertz CT molecular complexity index is 507. The third-order valence-corrected chi connectivity index (χ3v) is 3.63. The zero-order chi connectivity index (χ0) is 13.8. The summed E-state index contributed by atoms with van der Waals surface area (Å²) in [4.78, 5) is 25.5. The van der Waals surface area contributed by atoms with Crippen molar-refractivity contribution in [3.8, 4) is 5.75 Å². The monoisotopic (exact) mass is 345 g/mol. The van der Waals surface area contributed by atoms with Gasteiger partial charge in [-0.3, -0.25) is 14.5 Å². The van der Waals surface area contributed by atoms with E-state index in [1.807, 2.05) is 0 Å². The second-order valence-corrected chi connectivity index (χ2v) is 5.41. The van der Waals surface area contributed by atoms with Gasteiger partial charge in [-0.15, -0.1) is 0 Å². The van der Waals surface area contributed by atoms with E-state index in [-0.39, 0.29) is 18.4 Å². The Morgan fingerprint density at radius 2 is 2.11 bits per heavy atom. The summed E-state index contributed by atoms with van der Waals surface area (Å²) in [5, 5.41) is 1.33. The minimum Gasteiger partial charge on any atom is -0.483 e. The highest BCUT2D eigenvalue weighted by molar-refractivity contribution is 9.09. The van der Waals surface area contributed by atoms with Gasteiger partial charge in [-0.2, -0.15) is 0 Å². The molecule has 2 amide bonds. The molecule has 0 saturated carbocycles. The van der Waals surface area contributed by atoms with E-state index in [1.54, 1.807) is 18.2 Å². The molecule has 102 valence electrons. The summed E-state index contributed by atoms with van der Waals surface area (Å²) in [7, 11) is 0. The summed E-state index contributed by atoms with van der Waals surface area (Å²) < 4.78 is 5.34. The molecule has 0 aliphatic carbocycles. The number of benzene rings is 1. The first kappa shape index (κ1) is 14.3. The van der Waals surface area contributed by atoms with Crippen LogP contribution >= 0.6 is 27.5 Å². The highest BCUT2D eigenvalue weighted by Crippen LogP contribution is 2.27. The lowest BCUT2D eigenvalue weighted by molar-refractivity contribution is -0.130. The Hall–Kier alpha value is -1.07. The van der Waals surface area contributed by atoms with Gasteiger partial charge in [0.05, 0.1) is 5.56 Å². The van der Waals surface area contributed by atoms with Gasteiger partial charge < -0.3 is 4.74 Å². The molecule has 0 bridgehead atoms. The molecular formula is C13H13BrClNO3. The highest BCUT2D eigenvalue weighted by atomic mass is 79.9. The van der Waals surface area contributed by atoms with Crippen LogP contribution in [0.15, 0.2) is 18.2 Å². The fourth-order valence-corrected chi connectivity index (χ4v) is 2.42. The molecule has 0 radical (unpaired) electrons. The van der Waals surface area contributed by atoms with Crippen LogP contribution in [0.5, 0.6) is 5.75 Å². The molecule has 4 nitrogen and oxygen atoms in total. The number of nitrogens with zero attached hydrogens (tertiary/aromatic N) is 1. The first-order valence-electron chi connectivity index (χ1n) is 5.96. The number of hydrogen-bond donors (Lipinski definition) is 0. The Labute approximate surface area is 124 Å². The van der Waals surface area contributed by atoms with Gasteiger partial charge in [-0.25, -0.2) is 0 Å². The SMILES string of the molecule is O=C1COc2cc(Cl)ccc2C(=O)N1CCCCBr. The number of carbonyl (C=O) groups is 2. The van der Waals surface area contributed by atoms with Crippen LogP contribution in [0.3, 0.4) is 0 Å². The van der Waals surface area contributed by atoms with Crippen molar-refractivity contribution < 1.29 is 14.3 Å². The van der Waals surface area contributed by atoms with Crippen molar-refractivity contribution in [2.45, 2.75) is 12.8 Å². The molecule has 1 aromatic rings. The van der Waals surface area contributed by atoms with Crippen LogP contribution < -0.4 is 4.74 Å². The largest absolute Gasteiger partial charge is 0.483 e. The fourth-order valence-electron chi connectivity index (χ4n) is 1.86. The van der Waals surface area contributed by atoms with Crippen LogP contribution in [0.1, 0.15) is 23.2 Å². The molecule has 6 heteroatoms. The van der Waals surface area contributed by atoms with Gasteiger partial charge in [0.2, 0.25) is 0 Å². The predicted molar refractivity (Wildman–Crippen MR) is 76.0 cm³/mol. The number of hydrogen-bond acceptors (Lipinski definition) is 3. The fraction of sp³-hybridized carbons (Fsp3) is 0.385. The molecular weight excluding hydrogens is 334 g/mol. The van der Waals surface area contributed by atoms with E-state index in [0.29, 0.717) is 22.9 Å². The van der Waals surface area contributed by atoms with Crippen molar-refractivity contribution in [1.82, 2.24) is 4.90 Å². The Kier molecular flexibility index (Phi) is 4.82. The van der Waals surface area contributed by atoms with Crippen molar-refractivity contribution in [2.75, 3.05) is 18.5 Å². The lowest BCUT2D eigenvalue weighted by Crippen LogP contribution is -2.38. The average molecular weight is 347 g/mol. The molecule has 0 atom stereocenters. The van der Waals surface area contributed by atoms with E-state index in [9.17, 15) is 9.59 Å². The number of rotatable bonds is 4. The minimum absolute atomic E-state index is 0.132. The van der Waals surface area contributed by atoms with Gasteiger partial charge in [-0.05, 0) is 31.0 Å². The van der Waals surface area contributed by atoms with E-state index in [0.717, 1.165) is 18.2 Å². The number of fused-ring (bicyclic) bond motifs is 1. The van der Waals surface area contributed by atoms with Crippen molar-refractivity contribution >= 4 is 39.3 Å². The normalized spacial score (nSPS) is 14.9. The van der Waals surface area contributed by atoms with E-state index in [1.165, 1.54) is 4.90 Å². The maximum atomic E-state index is 12.3. The number of unbranched alkanes of at least 4 members (excludes halogenated alkanes) is 1. The summed E-state index contributed by atoms with van der Waals surface area (Å²) >= 11 is 9.18. The number of halogens is 2. The van der Waals surface area contributed by atoms with Crippen LogP contribution in [0.2, 0.25) is 5.02 Å². The number of carbonyl (C=O) groups excluding carboxylic acids is 2. The van der Waals surface area contributed by atoms with E-state index in [4.69, 9.17) is 16.3 Å². The first-order valence-corrected chi connectivity index (χ1v) is 7.46. The molecule has 0 saturated heterocycles. The summed E-state index contributed by atoms with van der Waals surface area (Å²) in [5.41, 5.74) is 0.383. The van der Waals surface area contributed by atoms with E-state index in [2.05, 4.69) is 15.9 Å². The first-order chi connectivity index (χ1) is 9.13. The Balaban J connectivity index is 2.24. The smallest absolute Gasteiger partial charge is 0.267 e. The predicted octanol–water partition coefficient (Wildman–Crippen LogP) is 2.88. The third kappa shape index (κ3) is 3.28. The molecule has 0 N–H and O–H groups in total. The zero-order valence-corrected chi connectivity index (χ0v) is 12.5. The Morgan fingerprint density at radius 3 is 2.84 bits per heavy atom. The summed E-state index contributed by atoms with van der Waals surface area (Å²) in [6.45, 7) is 0.280. The topological polar surface area (TPSA) is 46.6 Å². The van der Waals surface area contributed by atoms with Gasteiger partial charge >= 0.3 is 0 Å². The molecule has 1 heterocycles. The quantitative estimate of drug-likeness (QED) is 0.478. The molecule has 19 heavy (non-hydrogen) atoms. The number of amides is 2. The van der Waals surface area contributed by atoms with Gasteiger partial charge in [0.25, 0.3) is 11.8 Å². The standard InChI is InChI=1S/C13H13BrClNO3/c14-5-1-2-6-16-12(17)8-19-11-7-9(15)3-4-10(11)13(16)18/h3-4,7H,1-2,5-6,8H2. The minimum atomic E-state index is -0.316. The lowest BCUT2D eigenvalue weighted by atomic mass is 10.1. The molecule has 2 rings (SSSR count). The molecule has 1 aromatic carbocycles. The molecule has 0 fully saturated rings. The second kappa shape index (κ2) is 6.39. The molecule has 1 aliphatic rings. The van der Waals surface area contributed by atoms with E-state index >= 15 is 0 Å². The molecule has 0 unspecified atom stereocenters. The van der Waals surface area contributed by atoms with Crippen molar-refractivity contribution in [2.24, 2.45) is 0 Å². The maximum Gasteiger partial charge on any atom is 0.267 e. The third-order valence-electron chi connectivity index (χ3n) is 2.84. The van der Waals surface area contributed by atoms with E-state index < -0.39 is 0 Å². The van der Waals surface area contributed by atoms with Crippen LogP contribution in [0, 0.1) is 0 Å². The molecule has 1 aliphatic heterocycles. The van der Waals surface area contributed by atoms with Crippen molar-refractivity contribution in [1.29, 1.82) is 0 Å². The molecule has 0 aromatic heterocycles. The zero-order valence-electron chi connectivity index (χ0n) is 10.2. The number of ether oxygens (including phenoxy) is 1. The Morgan fingerprint density at radius 1 is 1.32 bits per heavy atom. The van der Waals surface area contributed by atoms with Gasteiger partial charge in [-0.1, -0.05) is 27.5 Å². The highest BCUT2D eigenvalue weighted by Gasteiger charge is 2.29. The maximum absolute atomic E-state index is 12.3. The second-order valence-electron chi connectivity index (χ2n) is 4.18. The van der Waals surface area contributed by atoms with Crippen LogP contribution in [0.4, 0.5) is 0 Å². The van der Waals surface area contributed by atoms with Crippen LogP contribution in [-0.4, -0.2) is 35.2 Å². The summed E-state index contributed by atoms with van der Waals surface area (Å²) in [6.07, 6.45) is 1.68. The lowest BCUT2D eigenvalue weighted by Gasteiger charge is -2.17. The number of imide groups is 1. The summed E-state index contributed by atoms with van der Waals surface area (Å²) in [5.74, 6) is -0.260. The summed E-state index contributed by atoms with van der Waals surface area (Å²) in [6, 6.07) is 4.77. The molecule has 0 spiro atoms. The van der Waals surface area contributed by atoms with Gasteiger partial charge in [0.1, 0.15) is 5.75 Å². The van der Waals surface area contributed by atoms with Crippen molar-refractivity contribution in [3.63, 3.8) is 0 Å². The van der Waals surface area contributed by atoms with Crippen molar-refractivity contribution in [3.05, 3.63) is 28.8 Å². The van der Waals surface area contributed by atoms with Gasteiger partial charge in [0, 0.05) is 16.9 Å².